The highest BCUT2D eigenvalue weighted by Crippen LogP contribution is 2.36. The van der Waals surface area contributed by atoms with Gasteiger partial charge in [0.1, 0.15) is 5.82 Å². The Morgan fingerprint density at radius 2 is 2.00 bits per heavy atom. The summed E-state index contributed by atoms with van der Waals surface area (Å²) in [5.74, 6) is 0.317. The topological polar surface area (TPSA) is 72.1 Å². The van der Waals surface area contributed by atoms with Gasteiger partial charge in [0.05, 0.1) is 28.1 Å². The lowest BCUT2D eigenvalue weighted by Crippen LogP contribution is -2.40. The van der Waals surface area contributed by atoms with Crippen LogP contribution in [0.15, 0.2) is 41.1 Å². The summed E-state index contributed by atoms with van der Waals surface area (Å²) in [5, 5.41) is 3.92. The first-order chi connectivity index (χ1) is 14.7. The number of piperidine rings is 1. The Kier molecular flexibility index (Phi) is 5.51. The summed E-state index contributed by atoms with van der Waals surface area (Å²) in [7, 11) is 0. The Morgan fingerprint density at radius 1 is 1.23 bits per heavy atom. The molecular formula is C22H21F3N4O2. The minimum Gasteiger partial charge on any atom is -0.356 e. The van der Waals surface area contributed by atoms with Crippen LogP contribution in [-0.4, -0.2) is 39.0 Å². The van der Waals surface area contributed by atoms with E-state index in [1.807, 2.05) is 0 Å². The summed E-state index contributed by atoms with van der Waals surface area (Å²) in [6.07, 6.45) is -1.52. The third kappa shape index (κ3) is 4.30. The molecule has 1 amide bonds. The molecule has 3 heterocycles. The summed E-state index contributed by atoms with van der Waals surface area (Å²) < 4.78 is 45.6. The summed E-state index contributed by atoms with van der Waals surface area (Å²) in [6, 6.07) is 6.68. The number of likely N-dealkylation sites (tertiary alicyclic amines) is 1. The van der Waals surface area contributed by atoms with Gasteiger partial charge in [-0.15, -0.1) is 0 Å². The number of carbonyl (C=O) groups is 1. The number of halogens is 3. The van der Waals surface area contributed by atoms with Crippen molar-refractivity contribution in [3.05, 3.63) is 64.9 Å². The van der Waals surface area contributed by atoms with Crippen molar-refractivity contribution >= 4 is 5.91 Å². The SMILES string of the molecule is Cc1cc(-c2cnc(C)nc2C2CCCN(C(=O)c3ccccc3C(F)(F)F)C2)on1. The van der Waals surface area contributed by atoms with Crippen molar-refractivity contribution in [2.75, 3.05) is 13.1 Å². The van der Waals surface area contributed by atoms with Gasteiger partial charge in [-0.2, -0.15) is 13.2 Å². The molecular weight excluding hydrogens is 409 g/mol. The molecule has 0 saturated carbocycles. The molecule has 31 heavy (non-hydrogen) atoms. The Morgan fingerprint density at radius 3 is 2.71 bits per heavy atom. The van der Waals surface area contributed by atoms with Crippen molar-refractivity contribution in [2.45, 2.75) is 38.8 Å². The number of nitrogens with zero attached hydrogens (tertiary/aromatic N) is 4. The third-order valence-electron chi connectivity index (χ3n) is 5.39. The molecule has 0 aliphatic carbocycles. The second-order valence-electron chi connectivity index (χ2n) is 7.68. The molecule has 6 nitrogen and oxygen atoms in total. The van der Waals surface area contributed by atoms with Gasteiger partial charge in [-0.1, -0.05) is 17.3 Å². The van der Waals surface area contributed by atoms with E-state index in [0.29, 0.717) is 41.5 Å². The fourth-order valence-electron chi connectivity index (χ4n) is 3.95. The van der Waals surface area contributed by atoms with E-state index in [0.717, 1.165) is 12.5 Å². The monoisotopic (exact) mass is 430 g/mol. The summed E-state index contributed by atoms with van der Waals surface area (Å²) in [5.41, 5.74) is 0.857. The molecule has 9 heteroatoms. The minimum atomic E-state index is -4.59. The maximum atomic E-state index is 13.4. The van der Waals surface area contributed by atoms with Crippen LogP contribution in [0.25, 0.3) is 11.3 Å². The average Bonchev–Trinajstić information content (AvgIpc) is 3.18. The quantitative estimate of drug-likeness (QED) is 0.598. The minimum absolute atomic E-state index is 0.155. The van der Waals surface area contributed by atoms with Crippen LogP contribution in [0.2, 0.25) is 0 Å². The second-order valence-corrected chi connectivity index (χ2v) is 7.68. The molecule has 1 aliphatic rings. The molecule has 1 fully saturated rings. The predicted octanol–water partition coefficient (Wildman–Crippen LogP) is 4.79. The van der Waals surface area contributed by atoms with Crippen molar-refractivity contribution in [1.82, 2.24) is 20.0 Å². The van der Waals surface area contributed by atoms with Crippen molar-refractivity contribution in [3.8, 4) is 11.3 Å². The van der Waals surface area contributed by atoms with Crippen LogP contribution in [-0.2, 0) is 6.18 Å². The summed E-state index contributed by atoms with van der Waals surface area (Å²) in [6.45, 7) is 4.23. The highest BCUT2D eigenvalue weighted by Gasteiger charge is 2.37. The first-order valence-corrected chi connectivity index (χ1v) is 9.97. The Labute approximate surface area is 177 Å². The summed E-state index contributed by atoms with van der Waals surface area (Å²) in [4.78, 5) is 23.4. The number of hydrogen-bond acceptors (Lipinski definition) is 5. The number of alkyl halides is 3. The number of aryl methyl sites for hydroxylation is 2. The predicted molar refractivity (Wildman–Crippen MR) is 106 cm³/mol. The van der Waals surface area contributed by atoms with Gasteiger partial charge >= 0.3 is 6.18 Å². The highest BCUT2D eigenvalue weighted by molar-refractivity contribution is 5.96. The average molecular weight is 430 g/mol. The second kappa shape index (κ2) is 8.13. The molecule has 1 atom stereocenters. The van der Waals surface area contributed by atoms with Crippen molar-refractivity contribution in [2.24, 2.45) is 0 Å². The van der Waals surface area contributed by atoms with E-state index < -0.39 is 17.6 Å². The van der Waals surface area contributed by atoms with Gasteiger partial charge in [-0.05, 0) is 38.8 Å². The third-order valence-corrected chi connectivity index (χ3v) is 5.39. The Hall–Kier alpha value is -3.23. The van der Waals surface area contributed by atoms with Crippen LogP contribution < -0.4 is 0 Å². The van der Waals surface area contributed by atoms with Gasteiger partial charge in [-0.3, -0.25) is 4.79 Å². The molecule has 4 rings (SSSR count). The van der Waals surface area contributed by atoms with E-state index in [-0.39, 0.29) is 18.0 Å². The molecule has 0 N–H and O–H groups in total. The zero-order valence-electron chi connectivity index (χ0n) is 17.1. The number of amides is 1. The number of benzene rings is 1. The lowest BCUT2D eigenvalue weighted by molar-refractivity contribution is -0.138. The number of hydrogen-bond donors (Lipinski definition) is 0. The zero-order valence-corrected chi connectivity index (χ0v) is 17.1. The fourth-order valence-corrected chi connectivity index (χ4v) is 3.95. The highest BCUT2D eigenvalue weighted by atomic mass is 19.4. The fraction of sp³-hybridized carbons (Fsp3) is 0.364. The lowest BCUT2D eigenvalue weighted by atomic mass is 9.90. The molecule has 0 bridgehead atoms. The van der Waals surface area contributed by atoms with Crippen LogP contribution in [0, 0.1) is 13.8 Å². The lowest BCUT2D eigenvalue weighted by Gasteiger charge is -2.33. The van der Waals surface area contributed by atoms with Crippen molar-refractivity contribution < 1.29 is 22.5 Å². The van der Waals surface area contributed by atoms with Crippen molar-refractivity contribution in [3.63, 3.8) is 0 Å². The van der Waals surface area contributed by atoms with E-state index in [9.17, 15) is 18.0 Å². The van der Waals surface area contributed by atoms with Crippen molar-refractivity contribution in [1.29, 1.82) is 0 Å². The number of aromatic nitrogens is 3. The van der Waals surface area contributed by atoms with Gasteiger partial charge in [0.25, 0.3) is 5.91 Å². The van der Waals surface area contributed by atoms with Gasteiger partial charge in [0.2, 0.25) is 0 Å². The van der Waals surface area contributed by atoms with E-state index >= 15 is 0 Å². The molecule has 1 aromatic carbocycles. The molecule has 0 spiro atoms. The van der Waals surface area contributed by atoms with E-state index in [1.165, 1.54) is 23.1 Å². The largest absolute Gasteiger partial charge is 0.417 e. The molecule has 1 saturated heterocycles. The summed E-state index contributed by atoms with van der Waals surface area (Å²) >= 11 is 0. The van der Waals surface area contributed by atoms with Gasteiger partial charge < -0.3 is 9.42 Å². The first-order valence-electron chi connectivity index (χ1n) is 9.97. The van der Waals surface area contributed by atoms with E-state index in [4.69, 9.17) is 4.52 Å². The van der Waals surface area contributed by atoms with Crippen LogP contribution in [0.1, 0.15) is 51.9 Å². The van der Waals surface area contributed by atoms with Gasteiger partial charge in [0.15, 0.2) is 5.76 Å². The first kappa shape index (κ1) is 21.0. The smallest absolute Gasteiger partial charge is 0.356 e. The molecule has 2 aromatic heterocycles. The normalized spacial score (nSPS) is 17.1. The maximum Gasteiger partial charge on any atom is 0.417 e. The van der Waals surface area contributed by atoms with E-state index in [2.05, 4.69) is 15.1 Å². The van der Waals surface area contributed by atoms with Crippen LogP contribution in [0.5, 0.6) is 0 Å². The Bertz CT molecular complexity index is 1110. The van der Waals surface area contributed by atoms with Gasteiger partial charge in [-0.25, -0.2) is 9.97 Å². The molecule has 0 radical (unpaired) electrons. The van der Waals surface area contributed by atoms with Crippen LogP contribution in [0.3, 0.4) is 0 Å². The van der Waals surface area contributed by atoms with Crippen LogP contribution >= 0.6 is 0 Å². The maximum absolute atomic E-state index is 13.4. The molecule has 3 aromatic rings. The number of rotatable bonds is 3. The Balaban J connectivity index is 1.65. The molecule has 1 unspecified atom stereocenters. The molecule has 162 valence electrons. The van der Waals surface area contributed by atoms with Crippen LogP contribution in [0.4, 0.5) is 13.2 Å². The zero-order chi connectivity index (χ0) is 22.2. The molecule has 1 aliphatic heterocycles. The van der Waals surface area contributed by atoms with Gasteiger partial charge in [0, 0.05) is 31.3 Å². The number of carbonyl (C=O) groups excluding carboxylic acids is 1. The van der Waals surface area contributed by atoms with E-state index in [1.54, 1.807) is 26.1 Å². The standard InChI is InChI=1S/C22H21F3N4O2/c1-13-10-19(31-28-13)17-11-26-14(2)27-20(17)15-6-5-9-29(12-15)21(30)16-7-3-4-8-18(16)22(23,24)25/h3-4,7-8,10-11,15H,5-6,9,12H2,1-2H3.